The zero-order valence-electron chi connectivity index (χ0n) is 10.8. The van der Waals surface area contributed by atoms with Crippen molar-refractivity contribution >= 4 is 0 Å². The summed E-state index contributed by atoms with van der Waals surface area (Å²) in [5.74, 6) is 2.48. The highest BCUT2D eigenvalue weighted by Crippen LogP contribution is 2.15. The van der Waals surface area contributed by atoms with E-state index in [4.69, 9.17) is 9.15 Å². The van der Waals surface area contributed by atoms with Gasteiger partial charge in [0.2, 0.25) is 0 Å². The van der Waals surface area contributed by atoms with Crippen molar-refractivity contribution < 1.29 is 9.15 Å². The minimum absolute atomic E-state index is 0.567. The van der Waals surface area contributed by atoms with E-state index in [0.29, 0.717) is 12.5 Å². The summed E-state index contributed by atoms with van der Waals surface area (Å²) in [6.45, 7) is 11.6. The van der Waals surface area contributed by atoms with E-state index < -0.39 is 0 Å². The van der Waals surface area contributed by atoms with Crippen LogP contribution >= 0.6 is 0 Å². The van der Waals surface area contributed by atoms with Crippen LogP contribution in [0.15, 0.2) is 10.5 Å². The summed E-state index contributed by atoms with van der Waals surface area (Å²) in [4.78, 5) is 0. The Morgan fingerprint density at radius 1 is 1.44 bits per heavy atom. The van der Waals surface area contributed by atoms with Crippen LogP contribution in [0.25, 0.3) is 0 Å². The summed E-state index contributed by atoms with van der Waals surface area (Å²) in [5.41, 5.74) is 1.23. The summed E-state index contributed by atoms with van der Waals surface area (Å²) >= 11 is 0. The normalized spacial score (nSPS) is 11.3. The summed E-state index contributed by atoms with van der Waals surface area (Å²) in [5, 5.41) is 3.29. The van der Waals surface area contributed by atoms with E-state index in [1.165, 1.54) is 5.56 Å². The molecule has 0 radical (unpaired) electrons. The second-order valence-corrected chi connectivity index (χ2v) is 4.48. The number of hydrogen-bond donors (Lipinski definition) is 1. The Bertz CT molecular complexity index is 305. The van der Waals surface area contributed by atoms with Crippen molar-refractivity contribution in [2.75, 3.05) is 13.2 Å². The molecule has 16 heavy (non-hydrogen) atoms. The largest absolute Gasteiger partial charge is 0.464 e. The van der Waals surface area contributed by atoms with Gasteiger partial charge in [-0.3, -0.25) is 0 Å². The first-order chi connectivity index (χ1) is 7.63. The maximum absolute atomic E-state index is 5.63. The molecule has 1 N–H and O–H groups in total. The molecule has 0 bridgehead atoms. The zero-order chi connectivity index (χ0) is 12.0. The fourth-order valence-electron chi connectivity index (χ4n) is 1.49. The molecule has 1 aromatic heterocycles. The fraction of sp³-hybridized carbons (Fsp3) is 0.692. The molecule has 0 fully saturated rings. The third-order valence-corrected chi connectivity index (χ3v) is 2.33. The number of aryl methyl sites for hydroxylation is 1. The molecule has 0 aromatic carbocycles. The number of hydrogen-bond acceptors (Lipinski definition) is 3. The molecule has 0 spiro atoms. The average Bonchev–Trinajstić information content (AvgIpc) is 2.56. The molecule has 1 rings (SSSR count). The minimum atomic E-state index is 0.567. The highest BCUT2D eigenvalue weighted by Gasteiger charge is 2.07. The number of nitrogens with one attached hydrogen (secondary N) is 1. The van der Waals surface area contributed by atoms with Crippen LogP contribution in [0, 0.1) is 12.8 Å². The summed E-state index contributed by atoms with van der Waals surface area (Å²) < 4.78 is 11.2. The van der Waals surface area contributed by atoms with Crippen LogP contribution in [-0.4, -0.2) is 13.2 Å². The van der Waals surface area contributed by atoms with Gasteiger partial charge in [0.25, 0.3) is 0 Å². The van der Waals surface area contributed by atoms with Gasteiger partial charge in [-0.1, -0.05) is 20.8 Å². The lowest BCUT2D eigenvalue weighted by atomic mass is 10.2. The van der Waals surface area contributed by atoms with Gasteiger partial charge in [0.15, 0.2) is 0 Å². The Kier molecular flexibility index (Phi) is 5.56. The molecule has 1 heterocycles. The molecular weight excluding hydrogens is 202 g/mol. The number of furan rings is 1. The highest BCUT2D eigenvalue weighted by molar-refractivity contribution is 5.20. The molecule has 0 amide bonds. The topological polar surface area (TPSA) is 34.4 Å². The predicted octanol–water partition coefficient (Wildman–Crippen LogP) is 2.87. The lowest BCUT2D eigenvalue weighted by molar-refractivity contribution is 0.0841. The van der Waals surface area contributed by atoms with Gasteiger partial charge in [-0.05, 0) is 25.5 Å². The molecule has 0 saturated carbocycles. The Morgan fingerprint density at radius 3 is 2.81 bits per heavy atom. The van der Waals surface area contributed by atoms with Gasteiger partial charge in [0.05, 0.1) is 0 Å². The Hall–Kier alpha value is -0.800. The molecule has 1 aromatic rings. The lowest BCUT2D eigenvalue weighted by Gasteiger charge is -2.04. The van der Waals surface area contributed by atoms with Gasteiger partial charge >= 0.3 is 0 Å². The fourth-order valence-corrected chi connectivity index (χ4v) is 1.49. The van der Waals surface area contributed by atoms with Gasteiger partial charge in [-0.25, -0.2) is 0 Å². The maximum Gasteiger partial charge on any atom is 0.130 e. The first-order valence-corrected chi connectivity index (χ1v) is 6.00. The Morgan fingerprint density at radius 2 is 2.19 bits per heavy atom. The molecule has 92 valence electrons. The molecule has 0 aliphatic rings. The smallest absolute Gasteiger partial charge is 0.130 e. The quantitative estimate of drug-likeness (QED) is 0.775. The summed E-state index contributed by atoms with van der Waals surface area (Å²) in [6, 6.07) is 2.08. The zero-order valence-corrected chi connectivity index (χ0v) is 10.8. The summed E-state index contributed by atoms with van der Waals surface area (Å²) in [7, 11) is 0. The molecule has 0 aliphatic carbocycles. The molecule has 3 heteroatoms. The minimum Gasteiger partial charge on any atom is -0.464 e. The average molecular weight is 225 g/mol. The van der Waals surface area contributed by atoms with Crippen molar-refractivity contribution in [1.29, 1.82) is 0 Å². The van der Waals surface area contributed by atoms with Crippen molar-refractivity contribution in [1.82, 2.24) is 5.32 Å². The van der Waals surface area contributed by atoms with Crippen molar-refractivity contribution in [3.63, 3.8) is 0 Å². The van der Waals surface area contributed by atoms with Gasteiger partial charge in [0, 0.05) is 18.7 Å². The lowest BCUT2D eigenvalue weighted by Crippen LogP contribution is -2.11. The molecule has 0 unspecified atom stereocenters. The third-order valence-electron chi connectivity index (χ3n) is 2.33. The number of rotatable bonds is 7. The summed E-state index contributed by atoms with van der Waals surface area (Å²) in [6.07, 6.45) is 0. The maximum atomic E-state index is 5.63. The number of ether oxygens (including phenoxy) is 1. The van der Waals surface area contributed by atoms with E-state index in [1.54, 1.807) is 0 Å². The van der Waals surface area contributed by atoms with Crippen LogP contribution in [0.2, 0.25) is 0 Å². The molecule has 3 nitrogen and oxygen atoms in total. The highest BCUT2D eigenvalue weighted by atomic mass is 16.5. The van der Waals surface area contributed by atoms with E-state index in [2.05, 4.69) is 32.2 Å². The first kappa shape index (κ1) is 13.3. The van der Waals surface area contributed by atoms with E-state index in [1.807, 2.05) is 6.92 Å². The Balaban J connectivity index is 2.42. The Labute approximate surface area is 98.2 Å². The van der Waals surface area contributed by atoms with Crippen LogP contribution < -0.4 is 5.32 Å². The van der Waals surface area contributed by atoms with Crippen molar-refractivity contribution in [3.8, 4) is 0 Å². The van der Waals surface area contributed by atoms with Gasteiger partial charge in [-0.2, -0.15) is 0 Å². The molecular formula is C13H23NO2. The van der Waals surface area contributed by atoms with Gasteiger partial charge in [-0.15, -0.1) is 0 Å². The van der Waals surface area contributed by atoms with Crippen LogP contribution in [-0.2, 0) is 17.9 Å². The van der Waals surface area contributed by atoms with Crippen LogP contribution in [0.1, 0.15) is 37.9 Å². The standard InChI is InChI=1S/C13H23NO2/c1-5-14-7-12-6-13(16-11(12)4)9-15-8-10(2)3/h6,10,14H,5,7-9H2,1-4H3. The van der Waals surface area contributed by atoms with Gasteiger partial charge < -0.3 is 14.5 Å². The first-order valence-electron chi connectivity index (χ1n) is 6.00. The SMILES string of the molecule is CCNCc1cc(COCC(C)C)oc1C. The molecule has 0 aliphatic heterocycles. The van der Waals surface area contributed by atoms with Gasteiger partial charge in [0.1, 0.15) is 18.1 Å². The molecule has 0 atom stereocenters. The third kappa shape index (κ3) is 4.37. The van der Waals surface area contributed by atoms with Crippen LogP contribution in [0.4, 0.5) is 0 Å². The van der Waals surface area contributed by atoms with Crippen molar-refractivity contribution in [2.24, 2.45) is 5.92 Å². The van der Waals surface area contributed by atoms with E-state index in [-0.39, 0.29) is 0 Å². The monoisotopic (exact) mass is 225 g/mol. The van der Waals surface area contributed by atoms with E-state index >= 15 is 0 Å². The molecule has 0 saturated heterocycles. The predicted molar refractivity (Wildman–Crippen MR) is 65.3 cm³/mol. The van der Waals surface area contributed by atoms with E-state index in [0.717, 1.165) is 31.2 Å². The second kappa shape index (κ2) is 6.71. The second-order valence-electron chi connectivity index (χ2n) is 4.48. The van der Waals surface area contributed by atoms with Crippen LogP contribution in [0.3, 0.4) is 0 Å². The van der Waals surface area contributed by atoms with Crippen molar-refractivity contribution in [2.45, 2.75) is 40.8 Å². The van der Waals surface area contributed by atoms with Crippen LogP contribution in [0.5, 0.6) is 0 Å². The van der Waals surface area contributed by atoms with Crippen molar-refractivity contribution in [3.05, 3.63) is 23.2 Å². The van der Waals surface area contributed by atoms with E-state index in [9.17, 15) is 0 Å².